The number of rotatable bonds is 3. The fourth-order valence-corrected chi connectivity index (χ4v) is 1.98. The van der Waals surface area contributed by atoms with Gasteiger partial charge in [-0.1, -0.05) is 17.7 Å². The van der Waals surface area contributed by atoms with E-state index in [1.807, 2.05) is 0 Å². The predicted octanol–water partition coefficient (Wildman–Crippen LogP) is 3.46. The lowest BCUT2D eigenvalue weighted by Crippen LogP contribution is -2.26. The fraction of sp³-hybridized carbons (Fsp3) is 0.214. The van der Waals surface area contributed by atoms with Crippen molar-refractivity contribution in [2.75, 3.05) is 0 Å². The highest BCUT2D eigenvalue weighted by Gasteiger charge is 2.26. The molecule has 0 aliphatic carbocycles. The van der Waals surface area contributed by atoms with Gasteiger partial charge >= 0.3 is 0 Å². The van der Waals surface area contributed by atoms with Crippen LogP contribution in [-0.4, -0.2) is 10.1 Å². The monoisotopic (exact) mass is 283 g/mol. The Hall–Kier alpha value is -1.52. The molecule has 1 aromatic carbocycles. The number of halogens is 3. The predicted molar refractivity (Wildman–Crippen MR) is 68.9 cm³/mol. The lowest BCUT2D eigenvalue weighted by Gasteiger charge is -2.23. The molecular formula is C14H12ClF2NO. The maximum Gasteiger partial charge on any atom is 0.141 e. The summed E-state index contributed by atoms with van der Waals surface area (Å²) in [5.74, 6) is -0.980. The molecule has 2 rings (SSSR count). The van der Waals surface area contributed by atoms with Gasteiger partial charge in [0, 0.05) is 11.4 Å². The average molecular weight is 284 g/mol. The van der Waals surface area contributed by atoms with Gasteiger partial charge in [-0.05, 0) is 36.8 Å². The molecule has 1 unspecified atom stereocenters. The molecule has 0 radical (unpaired) electrons. The van der Waals surface area contributed by atoms with Crippen LogP contribution in [0, 0.1) is 11.6 Å². The summed E-state index contributed by atoms with van der Waals surface area (Å²) in [6.45, 7) is 1.50. The molecule has 0 aliphatic heterocycles. The third kappa shape index (κ3) is 3.28. The summed E-state index contributed by atoms with van der Waals surface area (Å²) in [6.07, 6.45) is 1.04. The molecule has 2 nitrogen and oxygen atoms in total. The lowest BCUT2D eigenvalue weighted by molar-refractivity contribution is 0.0520. The van der Waals surface area contributed by atoms with E-state index in [0.29, 0.717) is 10.6 Å². The number of nitrogens with zero attached hydrogens (tertiary/aromatic N) is 1. The number of pyridine rings is 1. The van der Waals surface area contributed by atoms with Crippen LogP contribution in [0.1, 0.15) is 18.2 Å². The molecule has 0 spiro atoms. The molecule has 1 aromatic heterocycles. The minimum absolute atomic E-state index is 0.0225. The summed E-state index contributed by atoms with van der Waals surface area (Å²) >= 11 is 5.67. The summed E-state index contributed by atoms with van der Waals surface area (Å²) in [5.41, 5.74) is -0.786. The highest BCUT2D eigenvalue weighted by molar-refractivity contribution is 6.30. The van der Waals surface area contributed by atoms with Gasteiger partial charge in [0.15, 0.2) is 0 Å². The van der Waals surface area contributed by atoms with E-state index in [0.717, 1.165) is 6.20 Å². The molecule has 0 bridgehead atoms. The van der Waals surface area contributed by atoms with Crippen LogP contribution in [0.15, 0.2) is 36.5 Å². The maximum absolute atomic E-state index is 13.7. The zero-order chi connectivity index (χ0) is 14.0. The van der Waals surface area contributed by atoms with Crippen LogP contribution in [-0.2, 0) is 12.0 Å². The highest BCUT2D eigenvalue weighted by Crippen LogP contribution is 2.26. The van der Waals surface area contributed by atoms with Crippen molar-refractivity contribution in [3.05, 3.63) is 64.4 Å². The molecule has 1 heterocycles. The second-order valence-electron chi connectivity index (χ2n) is 4.55. The van der Waals surface area contributed by atoms with Crippen molar-refractivity contribution >= 4 is 11.6 Å². The van der Waals surface area contributed by atoms with Gasteiger partial charge in [0.1, 0.15) is 17.2 Å². The van der Waals surface area contributed by atoms with Crippen LogP contribution in [0.25, 0.3) is 0 Å². The molecule has 0 aliphatic rings. The third-order valence-corrected chi connectivity index (χ3v) is 3.06. The van der Waals surface area contributed by atoms with Gasteiger partial charge in [-0.15, -0.1) is 0 Å². The number of benzene rings is 1. The lowest BCUT2D eigenvalue weighted by atomic mass is 9.92. The Morgan fingerprint density at radius 3 is 2.58 bits per heavy atom. The maximum atomic E-state index is 13.7. The molecule has 19 heavy (non-hydrogen) atoms. The summed E-state index contributed by atoms with van der Waals surface area (Å²) in [4.78, 5) is 3.82. The van der Waals surface area contributed by atoms with Crippen LogP contribution in [0.2, 0.25) is 5.02 Å². The highest BCUT2D eigenvalue weighted by atomic mass is 35.5. The van der Waals surface area contributed by atoms with Crippen LogP contribution < -0.4 is 0 Å². The van der Waals surface area contributed by atoms with Gasteiger partial charge in [-0.3, -0.25) is 4.98 Å². The summed E-state index contributed by atoms with van der Waals surface area (Å²) in [6, 6.07) is 6.83. The number of hydrogen-bond acceptors (Lipinski definition) is 2. The molecular weight excluding hydrogens is 272 g/mol. The largest absolute Gasteiger partial charge is 0.383 e. The van der Waals surface area contributed by atoms with Crippen LogP contribution >= 0.6 is 11.6 Å². The summed E-state index contributed by atoms with van der Waals surface area (Å²) < 4.78 is 26.5. The summed E-state index contributed by atoms with van der Waals surface area (Å²) in [5, 5.41) is 10.6. The second kappa shape index (κ2) is 5.23. The first kappa shape index (κ1) is 13.9. The average Bonchev–Trinajstić information content (AvgIpc) is 2.33. The molecule has 5 heteroatoms. The van der Waals surface area contributed by atoms with Crippen molar-refractivity contribution in [3.8, 4) is 0 Å². The van der Waals surface area contributed by atoms with Crippen LogP contribution in [0.5, 0.6) is 0 Å². The Morgan fingerprint density at radius 2 is 2.00 bits per heavy atom. The second-order valence-corrected chi connectivity index (χ2v) is 4.98. The minimum atomic E-state index is -1.39. The van der Waals surface area contributed by atoms with Gasteiger partial charge in [0.05, 0.1) is 11.9 Å². The topological polar surface area (TPSA) is 33.1 Å². The third-order valence-electron chi connectivity index (χ3n) is 2.83. The van der Waals surface area contributed by atoms with Crippen molar-refractivity contribution in [3.63, 3.8) is 0 Å². The molecule has 1 atom stereocenters. The first-order valence-electron chi connectivity index (χ1n) is 5.67. The normalized spacial score (nSPS) is 14.2. The fourth-order valence-electron chi connectivity index (χ4n) is 1.82. The van der Waals surface area contributed by atoms with Gasteiger partial charge in [-0.25, -0.2) is 8.78 Å². The molecule has 2 aromatic rings. The van der Waals surface area contributed by atoms with Crippen molar-refractivity contribution in [1.82, 2.24) is 4.98 Å². The van der Waals surface area contributed by atoms with E-state index in [1.165, 1.54) is 31.2 Å². The van der Waals surface area contributed by atoms with E-state index < -0.39 is 17.2 Å². The Labute approximate surface area is 114 Å². The van der Waals surface area contributed by atoms with Gasteiger partial charge in [-0.2, -0.15) is 0 Å². The van der Waals surface area contributed by atoms with E-state index in [2.05, 4.69) is 4.98 Å². The summed E-state index contributed by atoms with van der Waals surface area (Å²) in [7, 11) is 0. The van der Waals surface area contributed by atoms with Crippen molar-refractivity contribution in [2.45, 2.75) is 18.9 Å². The smallest absolute Gasteiger partial charge is 0.141 e. The first-order valence-corrected chi connectivity index (χ1v) is 6.04. The van der Waals surface area contributed by atoms with Gasteiger partial charge < -0.3 is 5.11 Å². The molecule has 0 amide bonds. The van der Waals surface area contributed by atoms with Crippen molar-refractivity contribution < 1.29 is 13.9 Å². The van der Waals surface area contributed by atoms with Gasteiger partial charge in [0.2, 0.25) is 0 Å². The minimum Gasteiger partial charge on any atom is -0.383 e. The number of aliphatic hydroxyl groups is 1. The van der Waals surface area contributed by atoms with Crippen LogP contribution in [0.4, 0.5) is 8.78 Å². The SMILES string of the molecule is CC(O)(Cc1ccc(Cl)cc1F)c1ccc(F)cn1. The Morgan fingerprint density at radius 1 is 1.26 bits per heavy atom. The number of aromatic nitrogens is 1. The van der Waals surface area contributed by atoms with Crippen LogP contribution in [0.3, 0.4) is 0 Å². The number of hydrogen-bond donors (Lipinski definition) is 1. The van der Waals surface area contributed by atoms with Gasteiger partial charge in [0.25, 0.3) is 0 Å². The Balaban J connectivity index is 2.27. The molecule has 0 fully saturated rings. The molecule has 1 N–H and O–H groups in total. The first-order chi connectivity index (χ1) is 8.88. The Kier molecular flexibility index (Phi) is 3.83. The van der Waals surface area contributed by atoms with Crippen molar-refractivity contribution in [1.29, 1.82) is 0 Å². The van der Waals surface area contributed by atoms with E-state index in [-0.39, 0.29) is 12.1 Å². The van der Waals surface area contributed by atoms with E-state index in [1.54, 1.807) is 6.07 Å². The zero-order valence-electron chi connectivity index (χ0n) is 10.2. The zero-order valence-corrected chi connectivity index (χ0v) is 11.0. The van der Waals surface area contributed by atoms with E-state index in [4.69, 9.17) is 11.6 Å². The molecule has 100 valence electrons. The van der Waals surface area contributed by atoms with E-state index >= 15 is 0 Å². The van der Waals surface area contributed by atoms with E-state index in [9.17, 15) is 13.9 Å². The standard InChI is InChI=1S/C14H12ClF2NO/c1-14(19,13-5-4-11(16)8-18-13)7-9-2-3-10(15)6-12(9)17/h2-6,8,19H,7H2,1H3. The molecule has 0 saturated carbocycles. The van der Waals surface area contributed by atoms with Crippen molar-refractivity contribution in [2.24, 2.45) is 0 Å². The molecule has 0 saturated heterocycles. The Bertz CT molecular complexity index is 584. The quantitative estimate of drug-likeness (QED) is 0.936.